The Bertz CT molecular complexity index is 901. The van der Waals surface area contributed by atoms with Gasteiger partial charge in [-0.1, -0.05) is 136 Å². The van der Waals surface area contributed by atoms with Gasteiger partial charge in [0.25, 0.3) is 0 Å². The molecule has 2 unspecified atom stereocenters. The van der Waals surface area contributed by atoms with Crippen molar-refractivity contribution in [1.82, 2.24) is 15.1 Å². The normalized spacial score (nSPS) is 12.6. The molecule has 0 aromatic rings. The number of rotatable bonds is 43. The van der Waals surface area contributed by atoms with E-state index >= 15 is 0 Å². The summed E-state index contributed by atoms with van der Waals surface area (Å²) in [6, 6.07) is 0. The summed E-state index contributed by atoms with van der Waals surface area (Å²) in [6.45, 7) is 7.52. The van der Waals surface area contributed by atoms with Gasteiger partial charge in [0.05, 0.1) is 6.61 Å². The molecule has 0 rings (SSSR count). The number of nitrogens with zero attached hydrogens (tertiary/aromatic N) is 2. The number of nitrogens with one attached hydrogen (secondary N) is 1. The van der Waals surface area contributed by atoms with Gasteiger partial charge in [-0.05, 0) is 118 Å². The molecular weight excluding hydrogens is 715 g/mol. The quantitative estimate of drug-likeness (QED) is 0.0369. The van der Waals surface area contributed by atoms with Crippen LogP contribution < -0.4 is 5.32 Å². The number of hydrogen-bond acceptors (Lipinski definition) is 8. The molecule has 0 aliphatic heterocycles. The van der Waals surface area contributed by atoms with Gasteiger partial charge in [-0.15, -0.1) is 0 Å². The van der Waals surface area contributed by atoms with Crippen molar-refractivity contribution in [3.8, 4) is 0 Å². The molecule has 0 saturated carbocycles. The number of amides is 1. The van der Waals surface area contributed by atoms with Crippen molar-refractivity contribution in [3.05, 3.63) is 0 Å². The maximum Gasteiger partial charge on any atom is 0.407 e. The number of carbonyl (C=O) groups is 3. The predicted molar refractivity (Wildman–Crippen MR) is 240 cm³/mol. The third kappa shape index (κ3) is 42.1. The summed E-state index contributed by atoms with van der Waals surface area (Å²) >= 11 is 0. The zero-order chi connectivity index (χ0) is 42.0. The molecule has 0 bridgehead atoms. The Balaban J connectivity index is 4.55. The summed E-state index contributed by atoms with van der Waals surface area (Å²) in [4.78, 5) is 41.9. The van der Waals surface area contributed by atoms with Gasteiger partial charge in [0.15, 0.2) is 0 Å². The van der Waals surface area contributed by atoms with E-state index in [-0.39, 0.29) is 30.2 Å². The lowest BCUT2D eigenvalue weighted by Crippen LogP contribution is -2.31. The van der Waals surface area contributed by atoms with E-state index in [9.17, 15) is 14.4 Å². The minimum Gasteiger partial charge on any atom is -0.466 e. The summed E-state index contributed by atoms with van der Waals surface area (Å²) < 4.78 is 17.5. The molecule has 57 heavy (non-hydrogen) atoms. The van der Waals surface area contributed by atoms with Gasteiger partial charge in [0, 0.05) is 19.4 Å². The Morgan fingerprint density at radius 3 is 1.33 bits per heavy atom. The van der Waals surface area contributed by atoms with Crippen molar-refractivity contribution in [2.75, 3.05) is 54.4 Å². The van der Waals surface area contributed by atoms with Crippen LogP contribution in [0.3, 0.4) is 0 Å². The van der Waals surface area contributed by atoms with Crippen molar-refractivity contribution < 1.29 is 28.6 Å². The van der Waals surface area contributed by atoms with E-state index in [1.165, 1.54) is 89.9 Å². The largest absolute Gasteiger partial charge is 0.466 e. The van der Waals surface area contributed by atoms with E-state index in [1.807, 2.05) is 14.1 Å². The summed E-state index contributed by atoms with van der Waals surface area (Å²) in [5.74, 6) is -0.0970. The molecule has 1 N–H and O–H groups in total. The number of unbranched alkanes of at least 4 members (excludes halogenated alkanes) is 21. The first-order valence-corrected chi connectivity index (χ1v) is 24.3. The van der Waals surface area contributed by atoms with Crippen LogP contribution in [0, 0.1) is 0 Å². The minimum atomic E-state index is -0.322. The fourth-order valence-corrected chi connectivity index (χ4v) is 7.35. The van der Waals surface area contributed by atoms with Gasteiger partial charge < -0.3 is 29.3 Å². The van der Waals surface area contributed by atoms with Gasteiger partial charge in [0.1, 0.15) is 12.2 Å². The number of hydrogen-bond donors (Lipinski definition) is 1. The number of ether oxygens (including phenoxy) is 3. The lowest BCUT2D eigenvalue weighted by atomic mass is 10.0. The molecule has 0 heterocycles. The van der Waals surface area contributed by atoms with Crippen molar-refractivity contribution >= 4 is 18.0 Å². The Morgan fingerprint density at radius 2 is 0.825 bits per heavy atom. The number of alkyl carbamates (subject to hydrolysis) is 1. The van der Waals surface area contributed by atoms with Gasteiger partial charge in [-0.3, -0.25) is 9.59 Å². The smallest absolute Gasteiger partial charge is 0.407 e. The summed E-state index contributed by atoms with van der Waals surface area (Å²) in [5, 5.41) is 2.94. The van der Waals surface area contributed by atoms with Gasteiger partial charge in [-0.2, -0.15) is 0 Å². The van der Waals surface area contributed by atoms with Crippen LogP contribution >= 0.6 is 0 Å². The van der Waals surface area contributed by atoms with Crippen molar-refractivity contribution in [2.24, 2.45) is 0 Å². The van der Waals surface area contributed by atoms with Crippen LogP contribution in [0.15, 0.2) is 0 Å². The second-order valence-electron chi connectivity index (χ2n) is 17.4. The highest BCUT2D eigenvalue weighted by molar-refractivity contribution is 5.69. The molecule has 0 saturated heterocycles. The lowest BCUT2D eigenvalue weighted by Gasteiger charge is -2.20. The lowest BCUT2D eigenvalue weighted by molar-refractivity contribution is -0.150. The van der Waals surface area contributed by atoms with Crippen LogP contribution in [0.4, 0.5) is 4.79 Å². The van der Waals surface area contributed by atoms with Crippen molar-refractivity contribution in [1.29, 1.82) is 0 Å². The monoisotopic (exact) mass is 810 g/mol. The molecule has 0 spiro atoms. The topological polar surface area (TPSA) is 97.4 Å². The second-order valence-corrected chi connectivity index (χ2v) is 17.4. The summed E-state index contributed by atoms with van der Waals surface area (Å²) in [5.41, 5.74) is 0. The van der Waals surface area contributed by atoms with E-state index in [0.29, 0.717) is 26.0 Å². The fourth-order valence-electron chi connectivity index (χ4n) is 7.35. The van der Waals surface area contributed by atoms with E-state index in [0.717, 1.165) is 122 Å². The third-order valence-electron chi connectivity index (χ3n) is 11.0. The van der Waals surface area contributed by atoms with E-state index < -0.39 is 0 Å². The molecular formula is C48H95N3O6. The van der Waals surface area contributed by atoms with Gasteiger partial charge >= 0.3 is 18.0 Å². The molecule has 9 nitrogen and oxygen atoms in total. The fraction of sp³-hybridized carbons (Fsp3) is 0.938. The molecule has 338 valence electrons. The first kappa shape index (κ1) is 55.1. The van der Waals surface area contributed by atoms with Gasteiger partial charge in [-0.25, -0.2) is 4.79 Å². The number of carbonyl (C=O) groups excluding carboxylic acids is 3. The Hall–Kier alpha value is -1.87. The van der Waals surface area contributed by atoms with E-state index in [2.05, 4.69) is 43.1 Å². The van der Waals surface area contributed by atoms with Crippen LogP contribution in [0.25, 0.3) is 0 Å². The highest BCUT2D eigenvalue weighted by Gasteiger charge is 2.17. The molecule has 2 atom stereocenters. The van der Waals surface area contributed by atoms with E-state index in [1.54, 1.807) is 0 Å². The Morgan fingerprint density at radius 1 is 0.439 bits per heavy atom. The standard InChI is InChI=1S/C48H95N3O6/c1-7-9-11-13-15-17-19-21-29-38-46(52)55-43-31-24-23-26-35-45(57-48(54)49-40-33-42-51(5)6)36-28-25-27-34-44(37-32-41-50(3)4)56-47(53)39-30-22-20-18-16-14-12-10-8-2/h44-45H,7-43H2,1-6H3,(H,49,54). The van der Waals surface area contributed by atoms with Crippen molar-refractivity contribution in [2.45, 2.75) is 238 Å². The Kier molecular flexibility index (Phi) is 40.9. The summed E-state index contributed by atoms with van der Waals surface area (Å²) in [6.07, 6.45) is 35.2. The van der Waals surface area contributed by atoms with Crippen molar-refractivity contribution in [3.63, 3.8) is 0 Å². The highest BCUT2D eigenvalue weighted by Crippen LogP contribution is 2.19. The van der Waals surface area contributed by atoms with Gasteiger partial charge in [0.2, 0.25) is 0 Å². The van der Waals surface area contributed by atoms with E-state index in [4.69, 9.17) is 14.2 Å². The molecule has 0 aliphatic rings. The summed E-state index contributed by atoms with van der Waals surface area (Å²) in [7, 11) is 8.24. The average molecular weight is 810 g/mol. The third-order valence-corrected chi connectivity index (χ3v) is 11.0. The first-order valence-electron chi connectivity index (χ1n) is 24.3. The zero-order valence-electron chi connectivity index (χ0n) is 38.7. The highest BCUT2D eigenvalue weighted by atomic mass is 16.6. The predicted octanol–water partition coefficient (Wildman–Crippen LogP) is 12.6. The molecule has 1 amide bonds. The van der Waals surface area contributed by atoms with Crippen LogP contribution in [0.1, 0.15) is 226 Å². The van der Waals surface area contributed by atoms with Crippen LogP contribution in [0.2, 0.25) is 0 Å². The maximum absolute atomic E-state index is 12.8. The average Bonchev–Trinajstić information content (AvgIpc) is 3.17. The molecule has 0 aliphatic carbocycles. The Labute approximate surface area is 353 Å². The minimum absolute atomic E-state index is 0.0230. The molecule has 0 radical (unpaired) electrons. The molecule has 9 heteroatoms. The second kappa shape index (κ2) is 42.3. The number of esters is 2. The molecule has 0 fully saturated rings. The molecule has 0 aromatic heterocycles. The van der Waals surface area contributed by atoms with Crippen LogP contribution in [-0.4, -0.2) is 94.5 Å². The first-order chi connectivity index (χ1) is 27.7. The van der Waals surface area contributed by atoms with Crippen LogP contribution in [-0.2, 0) is 23.8 Å². The van der Waals surface area contributed by atoms with Crippen LogP contribution in [0.5, 0.6) is 0 Å². The maximum atomic E-state index is 12.8. The SMILES string of the molecule is CCCCCCCCCCCC(=O)OCCCCCCC(CCCCCC(CCCN(C)C)OC(=O)CCCCCCCCCCC)OC(=O)NCCCN(C)C. The molecule has 0 aromatic carbocycles. The zero-order valence-corrected chi connectivity index (χ0v) is 38.7.